The Kier molecular flexibility index (Phi) is 5.78. The number of nitrogens with zero attached hydrogens (tertiary/aromatic N) is 3. The molecule has 0 aliphatic carbocycles. The van der Waals surface area contributed by atoms with Crippen molar-refractivity contribution in [3.05, 3.63) is 34.4 Å². The van der Waals surface area contributed by atoms with Gasteiger partial charge in [0.25, 0.3) is 0 Å². The lowest BCUT2D eigenvalue weighted by Crippen LogP contribution is -2.37. The van der Waals surface area contributed by atoms with Crippen molar-refractivity contribution in [3.63, 3.8) is 0 Å². The molecule has 2 rings (SSSR count). The zero-order valence-electron chi connectivity index (χ0n) is 14.5. The Morgan fingerprint density at radius 3 is 2.43 bits per heavy atom. The van der Waals surface area contributed by atoms with Gasteiger partial charge in [-0.2, -0.15) is 0 Å². The molecular weight excluding hydrogens is 294 g/mol. The van der Waals surface area contributed by atoms with E-state index in [1.165, 1.54) is 5.56 Å². The van der Waals surface area contributed by atoms with Gasteiger partial charge in [0, 0.05) is 19.2 Å². The first kappa shape index (κ1) is 17.1. The maximum atomic E-state index is 5.54. The van der Waals surface area contributed by atoms with Crippen LogP contribution in [0.15, 0.2) is 13.9 Å². The number of aliphatic imine (C=N–C) groups is 1. The fraction of sp³-hybridized carbons (Fsp3) is 0.562. The van der Waals surface area contributed by atoms with Gasteiger partial charge in [0.1, 0.15) is 11.5 Å². The number of hydrogen-bond acceptors (Lipinski definition) is 5. The predicted molar refractivity (Wildman–Crippen MR) is 88.5 cm³/mol. The number of aryl methyl sites for hydroxylation is 4. The topological polar surface area (TPSA) is 88.5 Å². The molecule has 0 bridgehead atoms. The molecule has 2 aromatic rings. The normalized spacial score (nSPS) is 11.8. The number of oxazole rings is 1. The minimum atomic E-state index is 0.512. The maximum absolute atomic E-state index is 5.54. The molecular formula is C16H25N5O2. The summed E-state index contributed by atoms with van der Waals surface area (Å²) in [6.45, 7) is 9.09. The van der Waals surface area contributed by atoms with Crippen molar-refractivity contribution >= 4 is 5.96 Å². The van der Waals surface area contributed by atoms with E-state index in [1.807, 2.05) is 27.7 Å². The summed E-state index contributed by atoms with van der Waals surface area (Å²) in [5.41, 5.74) is 3.09. The second kappa shape index (κ2) is 7.80. The van der Waals surface area contributed by atoms with Crippen molar-refractivity contribution < 1.29 is 8.94 Å². The molecule has 7 nitrogen and oxygen atoms in total. The van der Waals surface area contributed by atoms with Crippen LogP contribution in [-0.4, -0.2) is 29.7 Å². The second-order valence-electron chi connectivity index (χ2n) is 5.51. The molecule has 0 aromatic carbocycles. The van der Waals surface area contributed by atoms with Crippen molar-refractivity contribution in [2.75, 3.05) is 13.6 Å². The van der Waals surface area contributed by atoms with Gasteiger partial charge in [-0.05, 0) is 40.5 Å². The monoisotopic (exact) mass is 319 g/mol. The Labute approximate surface area is 136 Å². The molecule has 0 unspecified atom stereocenters. The van der Waals surface area contributed by atoms with Crippen LogP contribution < -0.4 is 10.6 Å². The van der Waals surface area contributed by atoms with Crippen LogP contribution in [0.25, 0.3) is 0 Å². The number of aromatic nitrogens is 2. The van der Waals surface area contributed by atoms with Crippen molar-refractivity contribution in [2.45, 2.75) is 47.1 Å². The Balaban J connectivity index is 1.73. The average molecular weight is 319 g/mol. The summed E-state index contributed by atoms with van der Waals surface area (Å²) in [6.07, 6.45) is 1.91. The van der Waals surface area contributed by atoms with Crippen molar-refractivity contribution in [1.29, 1.82) is 0 Å². The van der Waals surface area contributed by atoms with E-state index >= 15 is 0 Å². The Morgan fingerprint density at radius 2 is 1.87 bits per heavy atom. The van der Waals surface area contributed by atoms with Crippen LogP contribution in [0.4, 0.5) is 0 Å². The van der Waals surface area contributed by atoms with Gasteiger partial charge in [-0.1, -0.05) is 5.16 Å². The number of guanidine groups is 1. The third-order valence-electron chi connectivity index (χ3n) is 3.78. The number of hydrogen-bond donors (Lipinski definition) is 2. The zero-order chi connectivity index (χ0) is 16.8. The van der Waals surface area contributed by atoms with E-state index in [0.29, 0.717) is 12.4 Å². The largest absolute Gasteiger partial charge is 0.444 e. The van der Waals surface area contributed by atoms with E-state index in [-0.39, 0.29) is 0 Å². The standard InChI is InChI=1S/C16H25N5O2/c1-10-12(3)22-15(20-10)9-19-16(17-5)18-8-6-7-14-11(2)21-23-13(14)4/h6-9H2,1-5H3,(H2,17,18,19). The molecule has 0 atom stereocenters. The van der Waals surface area contributed by atoms with E-state index < -0.39 is 0 Å². The van der Waals surface area contributed by atoms with E-state index in [4.69, 9.17) is 8.94 Å². The molecule has 0 fully saturated rings. The molecule has 0 radical (unpaired) electrons. The van der Waals surface area contributed by atoms with Gasteiger partial charge in [0.2, 0.25) is 5.89 Å². The number of rotatable bonds is 6. The summed E-state index contributed by atoms with van der Waals surface area (Å²) in [5, 5.41) is 10.4. The van der Waals surface area contributed by atoms with E-state index in [2.05, 4.69) is 25.8 Å². The molecule has 0 spiro atoms. The first-order valence-corrected chi connectivity index (χ1v) is 7.80. The Hall–Kier alpha value is -2.31. The summed E-state index contributed by atoms with van der Waals surface area (Å²) in [5.74, 6) is 3.15. The summed E-state index contributed by atoms with van der Waals surface area (Å²) < 4.78 is 10.7. The van der Waals surface area contributed by atoms with E-state index in [1.54, 1.807) is 7.05 Å². The number of nitrogens with one attached hydrogen (secondary N) is 2. The SMILES string of the molecule is CN=C(NCCCc1c(C)noc1C)NCc1nc(C)c(C)o1. The molecule has 23 heavy (non-hydrogen) atoms. The van der Waals surface area contributed by atoms with Crippen LogP contribution >= 0.6 is 0 Å². The van der Waals surface area contributed by atoms with Crippen molar-refractivity contribution in [1.82, 2.24) is 20.8 Å². The van der Waals surface area contributed by atoms with Crippen LogP contribution in [0.2, 0.25) is 0 Å². The zero-order valence-corrected chi connectivity index (χ0v) is 14.5. The molecule has 0 saturated heterocycles. The highest BCUT2D eigenvalue weighted by atomic mass is 16.5. The molecule has 2 N–H and O–H groups in total. The lowest BCUT2D eigenvalue weighted by molar-refractivity contribution is 0.392. The van der Waals surface area contributed by atoms with Gasteiger partial charge < -0.3 is 19.6 Å². The minimum absolute atomic E-state index is 0.512. The highest BCUT2D eigenvalue weighted by Gasteiger charge is 2.09. The van der Waals surface area contributed by atoms with Gasteiger partial charge >= 0.3 is 0 Å². The highest BCUT2D eigenvalue weighted by molar-refractivity contribution is 5.79. The molecule has 0 aliphatic heterocycles. The third kappa shape index (κ3) is 4.58. The summed E-state index contributed by atoms with van der Waals surface area (Å²) in [4.78, 5) is 8.53. The second-order valence-corrected chi connectivity index (χ2v) is 5.51. The van der Waals surface area contributed by atoms with Crippen LogP contribution in [0.1, 0.15) is 40.8 Å². The summed E-state index contributed by atoms with van der Waals surface area (Å²) >= 11 is 0. The van der Waals surface area contributed by atoms with Crippen LogP contribution in [-0.2, 0) is 13.0 Å². The van der Waals surface area contributed by atoms with Gasteiger partial charge in [-0.15, -0.1) is 0 Å². The van der Waals surface area contributed by atoms with E-state index in [9.17, 15) is 0 Å². The summed E-state index contributed by atoms with van der Waals surface area (Å²) in [6, 6.07) is 0. The quantitative estimate of drug-likeness (QED) is 0.482. The predicted octanol–water partition coefficient (Wildman–Crippen LogP) is 2.19. The first-order valence-electron chi connectivity index (χ1n) is 7.80. The fourth-order valence-corrected chi connectivity index (χ4v) is 2.33. The molecule has 0 amide bonds. The third-order valence-corrected chi connectivity index (χ3v) is 3.78. The molecule has 2 heterocycles. The van der Waals surface area contributed by atoms with Crippen molar-refractivity contribution in [3.8, 4) is 0 Å². The highest BCUT2D eigenvalue weighted by Crippen LogP contribution is 2.13. The van der Waals surface area contributed by atoms with Gasteiger partial charge in [-0.3, -0.25) is 4.99 Å². The smallest absolute Gasteiger partial charge is 0.214 e. The van der Waals surface area contributed by atoms with Gasteiger partial charge in [0.15, 0.2) is 5.96 Å². The minimum Gasteiger partial charge on any atom is -0.444 e. The molecule has 7 heteroatoms. The molecule has 126 valence electrons. The first-order chi connectivity index (χ1) is 11.0. The Bertz CT molecular complexity index is 633. The lowest BCUT2D eigenvalue weighted by Gasteiger charge is -2.10. The molecule has 2 aromatic heterocycles. The van der Waals surface area contributed by atoms with Crippen molar-refractivity contribution in [2.24, 2.45) is 4.99 Å². The summed E-state index contributed by atoms with van der Waals surface area (Å²) in [7, 11) is 1.75. The lowest BCUT2D eigenvalue weighted by atomic mass is 10.1. The van der Waals surface area contributed by atoms with Crippen LogP contribution in [0, 0.1) is 27.7 Å². The molecule has 0 saturated carbocycles. The molecule has 0 aliphatic rings. The Morgan fingerprint density at radius 1 is 1.09 bits per heavy atom. The van der Waals surface area contributed by atoms with E-state index in [0.717, 1.165) is 48.3 Å². The van der Waals surface area contributed by atoms with Gasteiger partial charge in [-0.25, -0.2) is 4.98 Å². The fourth-order valence-electron chi connectivity index (χ4n) is 2.33. The average Bonchev–Trinajstić information content (AvgIpc) is 3.02. The maximum Gasteiger partial charge on any atom is 0.214 e. The van der Waals surface area contributed by atoms with Crippen LogP contribution in [0.5, 0.6) is 0 Å². The van der Waals surface area contributed by atoms with Crippen LogP contribution in [0.3, 0.4) is 0 Å². The van der Waals surface area contributed by atoms with Gasteiger partial charge in [0.05, 0.1) is 17.9 Å².